The summed E-state index contributed by atoms with van der Waals surface area (Å²) in [6.07, 6.45) is 1.32. The van der Waals surface area contributed by atoms with E-state index in [0.29, 0.717) is 42.2 Å². The summed E-state index contributed by atoms with van der Waals surface area (Å²) in [7, 11) is 1.19. The number of methoxy groups -OCH3 is 1. The van der Waals surface area contributed by atoms with Gasteiger partial charge in [0.05, 0.1) is 12.0 Å². The molecule has 146 valence electrons. The van der Waals surface area contributed by atoms with Crippen LogP contribution in [0.15, 0.2) is 42.5 Å². The Balaban J connectivity index is 1.72. The standard InChI is InChI=1S/C20H19ClN2O5/c1-28-20(25)17-12-16(6-7-18(17)23(26)27)22-10-8-14(9-11-22)19(24)13-2-4-15(21)5-3-13/h2-7,12,14H,8-11H2,1H3. The highest BCUT2D eigenvalue weighted by atomic mass is 35.5. The second-order valence-electron chi connectivity index (χ2n) is 6.58. The van der Waals surface area contributed by atoms with Gasteiger partial charge in [0.2, 0.25) is 0 Å². The minimum absolute atomic E-state index is 0.0793. The average Bonchev–Trinajstić information content (AvgIpc) is 2.72. The summed E-state index contributed by atoms with van der Waals surface area (Å²) in [5.41, 5.74) is 0.974. The van der Waals surface area contributed by atoms with Gasteiger partial charge in [-0.25, -0.2) is 4.79 Å². The molecule has 0 spiro atoms. The van der Waals surface area contributed by atoms with E-state index < -0.39 is 10.9 Å². The van der Waals surface area contributed by atoms with Crippen molar-refractivity contribution in [2.75, 3.05) is 25.1 Å². The molecule has 0 amide bonds. The predicted octanol–water partition coefficient (Wildman–Crippen LogP) is 4.13. The van der Waals surface area contributed by atoms with E-state index in [0.717, 1.165) is 0 Å². The second kappa shape index (κ2) is 8.39. The average molecular weight is 403 g/mol. The fraction of sp³-hybridized carbons (Fsp3) is 0.300. The van der Waals surface area contributed by atoms with Crippen LogP contribution >= 0.6 is 11.6 Å². The molecule has 0 radical (unpaired) electrons. The molecule has 3 rings (SSSR count). The number of nitro groups is 1. The second-order valence-corrected chi connectivity index (χ2v) is 7.02. The Hall–Kier alpha value is -2.93. The number of hydrogen-bond acceptors (Lipinski definition) is 6. The molecule has 1 aliphatic heterocycles. The van der Waals surface area contributed by atoms with E-state index in [2.05, 4.69) is 4.74 Å². The lowest BCUT2D eigenvalue weighted by atomic mass is 9.88. The monoisotopic (exact) mass is 402 g/mol. The number of rotatable bonds is 5. The van der Waals surface area contributed by atoms with Crippen LogP contribution in [0.4, 0.5) is 11.4 Å². The lowest BCUT2D eigenvalue weighted by Gasteiger charge is -2.33. The number of nitro benzene ring substituents is 1. The van der Waals surface area contributed by atoms with E-state index >= 15 is 0 Å². The third-order valence-corrected chi connectivity index (χ3v) is 5.19. The van der Waals surface area contributed by atoms with Gasteiger partial charge in [0.1, 0.15) is 5.56 Å². The summed E-state index contributed by atoms with van der Waals surface area (Å²) in [6, 6.07) is 11.3. The van der Waals surface area contributed by atoms with E-state index in [1.807, 2.05) is 4.90 Å². The number of halogens is 1. The van der Waals surface area contributed by atoms with E-state index in [1.165, 1.54) is 19.2 Å². The number of Topliss-reactive ketones (excluding diaryl/α,β-unsaturated/α-hetero) is 1. The van der Waals surface area contributed by atoms with Crippen LogP contribution in [-0.2, 0) is 4.74 Å². The maximum atomic E-state index is 12.7. The van der Waals surface area contributed by atoms with Crippen molar-refractivity contribution in [3.8, 4) is 0 Å². The van der Waals surface area contributed by atoms with Crippen LogP contribution in [0.25, 0.3) is 0 Å². The van der Waals surface area contributed by atoms with Crippen LogP contribution in [0, 0.1) is 16.0 Å². The van der Waals surface area contributed by atoms with Crippen molar-refractivity contribution in [2.24, 2.45) is 5.92 Å². The molecule has 0 unspecified atom stereocenters. The van der Waals surface area contributed by atoms with Gasteiger partial charge in [0.15, 0.2) is 5.78 Å². The van der Waals surface area contributed by atoms with E-state index in [4.69, 9.17) is 11.6 Å². The Kier molecular flexibility index (Phi) is 5.94. The van der Waals surface area contributed by atoms with Crippen molar-refractivity contribution >= 4 is 34.7 Å². The van der Waals surface area contributed by atoms with Gasteiger partial charge < -0.3 is 9.64 Å². The normalized spacial score (nSPS) is 14.6. The molecule has 1 heterocycles. The molecule has 0 aromatic heterocycles. The highest BCUT2D eigenvalue weighted by molar-refractivity contribution is 6.30. The minimum Gasteiger partial charge on any atom is -0.465 e. The number of ketones is 1. The van der Waals surface area contributed by atoms with Gasteiger partial charge >= 0.3 is 5.97 Å². The fourth-order valence-electron chi connectivity index (χ4n) is 3.40. The number of carbonyl (C=O) groups excluding carboxylic acids is 2. The topological polar surface area (TPSA) is 89.8 Å². The third-order valence-electron chi connectivity index (χ3n) is 4.94. The highest BCUT2D eigenvalue weighted by Gasteiger charge is 2.28. The molecule has 0 aliphatic carbocycles. The largest absolute Gasteiger partial charge is 0.465 e. The molecule has 0 bridgehead atoms. The molecule has 0 N–H and O–H groups in total. The maximum Gasteiger partial charge on any atom is 0.344 e. The number of anilines is 1. The first kappa shape index (κ1) is 19.8. The smallest absolute Gasteiger partial charge is 0.344 e. The first-order valence-corrected chi connectivity index (χ1v) is 9.20. The predicted molar refractivity (Wildman–Crippen MR) is 105 cm³/mol. The molecular weight excluding hydrogens is 384 g/mol. The number of carbonyl (C=O) groups is 2. The van der Waals surface area contributed by atoms with Crippen LogP contribution in [0.1, 0.15) is 33.6 Å². The SMILES string of the molecule is COC(=O)c1cc(N2CCC(C(=O)c3ccc(Cl)cc3)CC2)ccc1[N+](=O)[O-]. The quantitative estimate of drug-likeness (QED) is 0.323. The molecule has 0 atom stereocenters. The van der Waals surface area contributed by atoms with Gasteiger partial charge in [0.25, 0.3) is 5.69 Å². The van der Waals surface area contributed by atoms with Crippen LogP contribution in [-0.4, -0.2) is 36.9 Å². The number of esters is 1. The van der Waals surface area contributed by atoms with E-state index in [1.54, 1.807) is 30.3 Å². The highest BCUT2D eigenvalue weighted by Crippen LogP contribution is 2.30. The molecule has 2 aromatic rings. The van der Waals surface area contributed by atoms with Gasteiger partial charge in [-0.2, -0.15) is 0 Å². The molecule has 2 aromatic carbocycles. The van der Waals surface area contributed by atoms with Crippen LogP contribution in [0.2, 0.25) is 5.02 Å². The lowest BCUT2D eigenvalue weighted by molar-refractivity contribution is -0.385. The molecule has 8 heteroatoms. The lowest BCUT2D eigenvalue weighted by Crippen LogP contribution is -2.36. The van der Waals surface area contributed by atoms with Crippen LogP contribution < -0.4 is 4.90 Å². The fourth-order valence-corrected chi connectivity index (χ4v) is 3.53. The molecule has 7 nitrogen and oxygen atoms in total. The summed E-state index contributed by atoms with van der Waals surface area (Å²) in [4.78, 5) is 37.1. The molecule has 1 saturated heterocycles. The minimum atomic E-state index is -0.749. The van der Waals surface area contributed by atoms with Crippen molar-refractivity contribution < 1.29 is 19.2 Å². The van der Waals surface area contributed by atoms with Gasteiger partial charge in [0, 0.05) is 41.3 Å². The molecular formula is C20H19ClN2O5. The van der Waals surface area contributed by atoms with Crippen LogP contribution in [0.5, 0.6) is 0 Å². The van der Waals surface area contributed by atoms with E-state index in [-0.39, 0.29) is 23.0 Å². The van der Waals surface area contributed by atoms with Crippen molar-refractivity contribution in [2.45, 2.75) is 12.8 Å². The van der Waals surface area contributed by atoms with Crippen molar-refractivity contribution in [1.82, 2.24) is 0 Å². The third kappa shape index (κ3) is 4.14. The summed E-state index contributed by atoms with van der Waals surface area (Å²) >= 11 is 5.87. The maximum absolute atomic E-state index is 12.7. The van der Waals surface area contributed by atoms with Gasteiger partial charge in [-0.15, -0.1) is 0 Å². The first-order chi connectivity index (χ1) is 13.4. The number of hydrogen-bond donors (Lipinski definition) is 0. The molecule has 1 aliphatic rings. The zero-order valence-corrected chi connectivity index (χ0v) is 16.0. The van der Waals surface area contributed by atoms with Gasteiger partial charge in [-0.3, -0.25) is 14.9 Å². The van der Waals surface area contributed by atoms with Crippen molar-refractivity contribution in [3.63, 3.8) is 0 Å². The summed E-state index contributed by atoms with van der Waals surface area (Å²) in [5, 5.41) is 11.7. The summed E-state index contributed by atoms with van der Waals surface area (Å²) in [6.45, 7) is 1.23. The zero-order valence-electron chi connectivity index (χ0n) is 15.3. The Morgan fingerprint density at radius 2 is 1.79 bits per heavy atom. The summed E-state index contributed by atoms with van der Waals surface area (Å²) in [5.74, 6) is -0.743. The van der Waals surface area contributed by atoms with Crippen molar-refractivity contribution in [3.05, 3.63) is 68.7 Å². The zero-order chi connectivity index (χ0) is 20.3. The van der Waals surface area contributed by atoms with Crippen molar-refractivity contribution in [1.29, 1.82) is 0 Å². The van der Waals surface area contributed by atoms with E-state index in [9.17, 15) is 19.7 Å². The Morgan fingerprint density at radius 1 is 1.14 bits per heavy atom. The summed E-state index contributed by atoms with van der Waals surface area (Å²) < 4.78 is 4.66. The number of nitrogens with zero attached hydrogens (tertiary/aromatic N) is 2. The number of ether oxygens (including phenoxy) is 1. The van der Waals surface area contributed by atoms with Gasteiger partial charge in [-0.05, 0) is 49.2 Å². The Labute approximate surface area is 167 Å². The van der Waals surface area contributed by atoms with Gasteiger partial charge in [-0.1, -0.05) is 11.6 Å². The molecule has 28 heavy (non-hydrogen) atoms. The Bertz CT molecular complexity index is 905. The molecule has 1 fully saturated rings. The number of benzene rings is 2. The van der Waals surface area contributed by atoms with Crippen LogP contribution in [0.3, 0.4) is 0 Å². The number of piperidine rings is 1. The first-order valence-electron chi connectivity index (χ1n) is 8.82. The molecule has 0 saturated carbocycles. The Morgan fingerprint density at radius 3 is 2.36 bits per heavy atom.